The third-order valence-electron chi connectivity index (χ3n) is 3.14. The molecule has 2 unspecified atom stereocenters. The van der Waals surface area contributed by atoms with E-state index in [9.17, 15) is 5.11 Å². The van der Waals surface area contributed by atoms with Crippen LogP contribution in [0, 0.1) is 6.92 Å². The van der Waals surface area contributed by atoms with Crippen molar-refractivity contribution in [2.24, 2.45) is 11.5 Å². The summed E-state index contributed by atoms with van der Waals surface area (Å²) in [6, 6.07) is 3.61. The van der Waals surface area contributed by atoms with Gasteiger partial charge in [-0.15, -0.1) is 34.0 Å². The van der Waals surface area contributed by atoms with Crippen molar-refractivity contribution in [2.45, 2.75) is 25.6 Å². The van der Waals surface area contributed by atoms with Crippen LogP contribution >= 0.6 is 34.0 Å². The smallest absolute Gasteiger partial charge is 0.119 e. The van der Waals surface area contributed by atoms with Gasteiger partial charge in [-0.05, 0) is 24.1 Å². The normalized spacial score (nSPS) is 21.5. The molecule has 0 radical (unpaired) electrons. The number of fused-ring (bicyclic) bond motifs is 1. The molecule has 1 aliphatic rings. The standard InChI is InChI=1S/C12H18N2O2.2BrH/c1-7-2-3-10(15)9-4-8(5-13)16-11(6-14)12(7)9;;/h2-3,8,11,15H,4-6,13-14H2,1H3;2*1H. The highest BCUT2D eigenvalue weighted by Gasteiger charge is 2.29. The van der Waals surface area contributed by atoms with E-state index >= 15 is 0 Å². The Morgan fingerprint density at radius 1 is 1.28 bits per heavy atom. The molecule has 0 aliphatic carbocycles. The molecule has 0 bridgehead atoms. The van der Waals surface area contributed by atoms with Crippen LogP contribution in [0.4, 0.5) is 0 Å². The van der Waals surface area contributed by atoms with E-state index in [1.54, 1.807) is 6.07 Å². The zero-order chi connectivity index (χ0) is 11.7. The molecule has 1 aliphatic heterocycles. The lowest BCUT2D eigenvalue weighted by atomic mass is 9.90. The number of aromatic hydroxyl groups is 1. The van der Waals surface area contributed by atoms with Crippen molar-refractivity contribution in [1.82, 2.24) is 0 Å². The molecule has 1 heterocycles. The average Bonchev–Trinajstić information content (AvgIpc) is 2.32. The van der Waals surface area contributed by atoms with E-state index in [1.165, 1.54) is 0 Å². The molecule has 2 rings (SSSR count). The van der Waals surface area contributed by atoms with Gasteiger partial charge >= 0.3 is 0 Å². The van der Waals surface area contributed by atoms with Gasteiger partial charge in [0.1, 0.15) is 5.75 Å². The van der Waals surface area contributed by atoms with Gasteiger partial charge in [-0.3, -0.25) is 0 Å². The SMILES string of the molecule is Br.Br.Cc1ccc(O)c2c1C(CN)OC(CN)C2. The van der Waals surface area contributed by atoms with Crippen LogP contribution in [0.15, 0.2) is 12.1 Å². The predicted octanol–water partition coefficient (Wildman–Crippen LogP) is 1.76. The van der Waals surface area contributed by atoms with Crippen molar-refractivity contribution in [3.63, 3.8) is 0 Å². The maximum Gasteiger partial charge on any atom is 0.119 e. The summed E-state index contributed by atoms with van der Waals surface area (Å²) < 4.78 is 5.79. The quantitative estimate of drug-likeness (QED) is 0.726. The zero-order valence-corrected chi connectivity index (χ0v) is 13.7. The summed E-state index contributed by atoms with van der Waals surface area (Å²) in [6.45, 7) is 2.87. The van der Waals surface area contributed by atoms with Crippen LogP contribution in [0.3, 0.4) is 0 Å². The Hall–Kier alpha value is -0.140. The molecular weight excluding hydrogens is 364 g/mol. The van der Waals surface area contributed by atoms with Crippen molar-refractivity contribution < 1.29 is 9.84 Å². The second-order valence-electron chi connectivity index (χ2n) is 4.22. The van der Waals surface area contributed by atoms with Crippen LogP contribution in [0.25, 0.3) is 0 Å². The lowest BCUT2D eigenvalue weighted by Gasteiger charge is -2.32. The van der Waals surface area contributed by atoms with E-state index in [0.29, 0.717) is 25.3 Å². The van der Waals surface area contributed by atoms with Gasteiger partial charge in [0.2, 0.25) is 0 Å². The maximum absolute atomic E-state index is 9.87. The topological polar surface area (TPSA) is 81.5 Å². The third kappa shape index (κ3) is 3.24. The summed E-state index contributed by atoms with van der Waals surface area (Å²) in [5.41, 5.74) is 14.4. The van der Waals surface area contributed by atoms with Crippen LogP contribution in [0.2, 0.25) is 0 Å². The number of nitrogens with two attached hydrogens (primary N) is 2. The van der Waals surface area contributed by atoms with Crippen LogP contribution in [-0.2, 0) is 11.2 Å². The fourth-order valence-corrected chi connectivity index (χ4v) is 2.32. The van der Waals surface area contributed by atoms with E-state index < -0.39 is 0 Å². The van der Waals surface area contributed by atoms with Crippen molar-refractivity contribution in [1.29, 1.82) is 0 Å². The van der Waals surface area contributed by atoms with Gasteiger partial charge in [0.25, 0.3) is 0 Å². The van der Waals surface area contributed by atoms with Crippen LogP contribution in [-0.4, -0.2) is 24.3 Å². The first kappa shape index (κ1) is 17.9. The number of ether oxygens (including phenoxy) is 1. The molecule has 2 atom stereocenters. The lowest BCUT2D eigenvalue weighted by Crippen LogP contribution is -2.35. The van der Waals surface area contributed by atoms with E-state index in [2.05, 4.69) is 0 Å². The number of hydrogen-bond acceptors (Lipinski definition) is 4. The first-order valence-corrected chi connectivity index (χ1v) is 5.54. The predicted molar refractivity (Wildman–Crippen MR) is 82.9 cm³/mol. The average molecular weight is 384 g/mol. The molecule has 0 spiro atoms. The molecule has 104 valence electrons. The van der Waals surface area contributed by atoms with E-state index in [0.717, 1.165) is 16.7 Å². The van der Waals surface area contributed by atoms with Gasteiger partial charge in [0.05, 0.1) is 12.2 Å². The summed E-state index contributed by atoms with van der Waals surface area (Å²) in [5.74, 6) is 0.320. The number of rotatable bonds is 2. The van der Waals surface area contributed by atoms with Gasteiger partial charge in [-0.1, -0.05) is 6.07 Å². The summed E-state index contributed by atoms with van der Waals surface area (Å²) in [7, 11) is 0. The molecule has 0 fully saturated rings. The number of aryl methyl sites for hydroxylation is 1. The number of phenols is 1. The molecular formula is C12H20Br2N2O2. The Bertz CT molecular complexity index is 402. The Kier molecular flexibility index (Phi) is 7.39. The van der Waals surface area contributed by atoms with Crippen LogP contribution in [0.5, 0.6) is 5.75 Å². The Labute approximate surface area is 128 Å². The van der Waals surface area contributed by atoms with Crippen molar-refractivity contribution in [3.8, 4) is 5.75 Å². The van der Waals surface area contributed by atoms with Gasteiger partial charge < -0.3 is 21.3 Å². The molecule has 0 amide bonds. The summed E-state index contributed by atoms with van der Waals surface area (Å²) in [5, 5.41) is 9.87. The first-order valence-electron chi connectivity index (χ1n) is 5.54. The van der Waals surface area contributed by atoms with Gasteiger partial charge in [0.15, 0.2) is 0 Å². The zero-order valence-electron chi connectivity index (χ0n) is 10.3. The summed E-state index contributed by atoms with van der Waals surface area (Å²) >= 11 is 0. The van der Waals surface area contributed by atoms with E-state index in [-0.39, 0.29) is 46.2 Å². The molecule has 4 nitrogen and oxygen atoms in total. The highest BCUT2D eigenvalue weighted by molar-refractivity contribution is 8.93. The Morgan fingerprint density at radius 2 is 1.94 bits per heavy atom. The molecule has 1 aromatic rings. The maximum atomic E-state index is 9.87. The monoisotopic (exact) mass is 382 g/mol. The first-order chi connectivity index (χ1) is 7.67. The minimum Gasteiger partial charge on any atom is -0.508 e. The number of phenolic OH excluding ortho intramolecular Hbond substituents is 1. The van der Waals surface area contributed by atoms with Crippen LogP contribution in [0.1, 0.15) is 22.8 Å². The van der Waals surface area contributed by atoms with E-state index in [4.69, 9.17) is 16.2 Å². The fourth-order valence-electron chi connectivity index (χ4n) is 2.32. The van der Waals surface area contributed by atoms with E-state index in [1.807, 2.05) is 13.0 Å². The fraction of sp³-hybridized carbons (Fsp3) is 0.500. The molecule has 0 aromatic heterocycles. The molecule has 5 N–H and O–H groups in total. The molecule has 0 saturated heterocycles. The number of benzene rings is 1. The minimum atomic E-state index is -0.149. The molecule has 6 heteroatoms. The van der Waals surface area contributed by atoms with Crippen molar-refractivity contribution in [3.05, 3.63) is 28.8 Å². The summed E-state index contributed by atoms with van der Waals surface area (Å²) in [4.78, 5) is 0. The Balaban J connectivity index is 0.00000144. The summed E-state index contributed by atoms with van der Waals surface area (Å²) in [6.07, 6.45) is 0.466. The minimum absolute atomic E-state index is 0. The highest BCUT2D eigenvalue weighted by Crippen LogP contribution is 2.36. The third-order valence-corrected chi connectivity index (χ3v) is 3.14. The van der Waals surface area contributed by atoms with Gasteiger partial charge in [0, 0.05) is 25.1 Å². The highest BCUT2D eigenvalue weighted by atomic mass is 79.9. The van der Waals surface area contributed by atoms with Gasteiger partial charge in [-0.25, -0.2) is 0 Å². The largest absolute Gasteiger partial charge is 0.508 e. The number of halogens is 2. The number of hydrogen-bond donors (Lipinski definition) is 3. The second kappa shape index (κ2) is 7.45. The van der Waals surface area contributed by atoms with Crippen molar-refractivity contribution >= 4 is 34.0 Å². The molecule has 0 saturated carbocycles. The Morgan fingerprint density at radius 3 is 2.50 bits per heavy atom. The van der Waals surface area contributed by atoms with Crippen molar-refractivity contribution in [2.75, 3.05) is 13.1 Å². The second-order valence-corrected chi connectivity index (χ2v) is 4.22. The molecule has 1 aromatic carbocycles. The molecule has 18 heavy (non-hydrogen) atoms. The van der Waals surface area contributed by atoms with Gasteiger partial charge in [-0.2, -0.15) is 0 Å². The van der Waals surface area contributed by atoms with Crippen LogP contribution < -0.4 is 11.5 Å². The lowest BCUT2D eigenvalue weighted by molar-refractivity contribution is -0.0163.